The molecule has 1 aliphatic heterocycles. The van der Waals surface area contributed by atoms with Gasteiger partial charge in [0.1, 0.15) is 6.61 Å². The van der Waals surface area contributed by atoms with Gasteiger partial charge in [-0.25, -0.2) is 4.79 Å². The average molecular weight is 349 g/mol. The molecule has 6 heteroatoms. The fraction of sp³-hybridized carbons (Fsp3) is 0.842. The first kappa shape index (κ1) is 17.3. The fourth-order valence-corrected chi connectivity index (χ4v) is 6.11. The second kappa shape index (κ2) is 7.25. The van der Waals surface area contributed by atoms with Crippen LogP contribution in [-0.4, -0.2) is 62.0 Å². The molecular weight excluding hydrogens is 318 g/mol. The number of nitrogens with two attached hydrogens (primary N) is 1. The van der Waals surface area contributed by atoms with E-state index in [2.05, 4.69) is 10.2 Å². The number of ether oxygens (including phenoxy) is 2. The normalized spacial score (nSPS) is 40.5. The summed E-state index contributed by atoms with van der Waals surface area (Å²) in [5, 5.41) is 3.19. The second-order valence-corrected chi connectivity index (χ2v) is 8.27. The van der Waals surface area contributed by atoms with E-state index in [4.69, 9.17) is 15.2 Å². The Morgan fingerprint density at radius 2 is 1.92 bits per heavy atom. The van der Waals surface area contributed by atoms with Gasteiger partial charge in [0, 0.05) is 31.2 Å². The van der Waals surface area contributed by atoms with E-state index in [9.17, 15) is 4.79 Å². The predicted molar refractivity (Wildman–Crippen MR) is 95.1 cm³/mol. The zero-order valence-corrected chi connectivity index (χ0v) is 15.0. The Morgan fingerprint density at radius 3 is 2.60 bits per heavy atom. The van der Waals surface area contributed by atoms with Crippen LogP contribution in [0.15, 0.2) is 12.2 Å². The highest BCUT2D eigenvalue weighted by Gasteiger charge is 2.57. The smallest absolute Gasteiger partial charge is 0.407 e. The third kappa shape index (κ3) is 3.44. The zero-order chi connectivity index (χ0) is 17.3. The Hall–Kier alpha value is -1.11. The van der Waals surface area contributed by atoms with Crippen molar-refractivity contribution in [2.75, 3.05) is 39.5 Å². The van der Waals surface area contributed by atoms with E-state index in [1.54, 1.807) is 6.08 Å². The van der Waals surface area contributed by atoms with Crippen molar-refractivity contribution in [2.24, 2.45) is 23.5 Å². The number of carbonyl (C=O) groups excluding carboxylic acids is 1. The number of nitrogens with zero attached hydrogens (tertiary/aromatic N) is 1. The van der Waals surface area contributed by atoms with Gasteiger partial charge in [-0.2, -0.15) is 0 Å². The molecule has 1 saturated heterocycles. The minimum absolute atomic E-state index is 0.278. The molecule has 0 aromatic rings. The van der Waals surface area contributed by atoms with Gasteiger partial charge >= 0.3 is 6.09 Å². The molecule has 25 heavy (non-hydrogen) atoms. The van der Waals surface area contributed by atoms with Crippen molar-refractivity contribution in [3.05, 3.63) is 12.2 Å². The molecule has 5 rings (SSSR count). The third-order valence-electron chi connectivity index (χ3n) is 6.82. The largest absolute Gasteiger partial charge is 0.445 e. The summed E-state index contributed by atoms with van der Waals surface area (Å²) in [5.41, 5.74) is 5.76. The van der Waals surface area contributed by atoms with Gasteiger partial charge < -0.3 is 20.5 Å². The van der Waals surface area contributed by atoms with Crippen LogP contribution in [0.25, 0.3) is 0 Å². The second-order valence-electron chi connectivity index (χ2n) is 8.27. The minimum Gasteiger partial charge on any atom is -0.445 e. The molecule has 140 valence electrons. The first-order valence-corrected chi connectivity index (χ1v) is 9.81. The molecular formula is C19H31N3O3. The van der Waals surface area contributed by atoms with E-state index >= 15 is 0 Å². The predicted octanol–water partition coefficient (Wildman–Crippen LogP) is 1.51. The van der Waals surface area contributed by atoms with Crippen LogP contribution in [0.2, 0.25) is 0 Å². The number of rotatable bonds is 5. The summed E-state index contributed by atoms with van der Waals surface area (Å²) in [6, 6.07) is 0.289. The van der Waals surface area contributed by atoms with E-state index in [1.165, 1.54) is 32.1 Å². The van der Waals surface area contributed by atoms with Crippen LogP contribution in [0.5, 0.6) is 0 Å². The Morgan fingerprint density at radius 1 is 1.20 bits per heavy atom. The monoisotopic (exact) mass is 349 g/mol. The van der Waals surface area contributed by atoms with Crippen molar-refractivity contribution in [3.8, 4) is 0 Å². The van der Waals surface area contributed by atoms with E-state index in [1.807, 2.05) is 6.08 Å². The van der Waals surface area contributed by atoms with Crippen LogP contribution >= 0.6 is 0 Å². The number of hydrogen-bond donors (Lipinski definition) is 2. The van der Waals surface area contributed by atoms with Crippen molar-refractivity contribution >= 4 is 6.09 Å². The maximum atomic E-state index is 12.2. The summed E-state index contributed by atoms with van der Waals surface area (Å²) in [4.78, 5) is 14.9. The Balaban J connectivity index is 1.38. The van der Waals surface area contributed by atoms with Crippen LogP contribution in [0.3, 0.4) is 0 Å². The topological polar surface area (TPSA) is 76.8 Å². The van der Waals surface area contributed by atoms with Crippen molar-refractivity contribution in [1.29, 1.82) is 0 Å². The molecule has 6 nitrogen and oxygen atoms in total. The third-order valence-corrected chi connectivity index (χ3v) is 6.82. The average Bonchev–Trinajstić information content (AvgIpc) is 2.62. The molecule has 0 spiro atoms. The van der Waals surface area contributed by atoms with E-state index in [0.29, 0.717) is 30.5 Å². The van der Waals surface area contributed by atoms with Crippen LogP contribution in [0.4, 0.5) is 4.79 Å². The number of morpholine rings is 1. The number of alkyl carbamates (subject to hydrolysis) is 1. The van der Waals surface area contributed by atoms with Gasteiger partial charge in [0.25, 0.3) is 0 Å². The molecule has 2 atom stereocenters. The maximum absolute atomic E-state index is 12.2. The van der Waals surface area contributed by atoms with Gasteiger partial charge in [-0.1, -0.05) is 6.08 Å². The van der Waals surface area contributed by atoms with E-state index in [-0.39, 0.29) is 12.1 Å². The molecule has 0 aromatic heterocycles. The van der Waals surface area contributed by atoms with Crippen LogP contribution in [-0.2, 0) is 9.47 Å². The first-order chi connectivity index (χ1) is 12.2. The van der Waals surface area contributed by atoms with Gasteiger partial charge in [-0.05, 0) is 55.9 Å². The van der Waals surface area contributed by atoms with Crippen molar-refractivity contribution in [3.63, 3.8) is 0 Å². The molecule has 5 aliphatic rings. The summed E-state index contributed by atoms with van der Waals surface area (Å²) in [5.74, 6) is 2.03. The molecule has 1 amide bonds. The number of nitrogens with one attached hydrogen (secondary N) is 1. The van der Waals surface area contributed by atoms with Crippen LogP contribution < -0.4 is 11.1 Å². The Bertz CT molecular complexity index is 502. The number of hydrogen-bond acceptors (Lipinski definition) is 5. The Labute approximate surface area is 150 Å². The Kier molecular flexibility index (Phi) is 5.02. The molecule has 0 aromatic carbocycles. The quantitative estimate of drug-likeness (QED) is 0.736. The molecule has 1 heterocycles. The fourth-order valence-electron chi connectivity index (χ4n) is 6.11. The lowest BCUT2D eigenvalue weighted by molar-refractivity contribution is -0.127. The van der Waals surface area contributed by atoms with Crippen LogP contribution in [0, 0.1) is 17.8 Å². The van der Waals surface area contributed by atoms with Crippen molar-refractivity contribution in [1.82, 2.24) is 10.2 Å². The molecule has 0 radical (unpaired) electrons. The van der Waals surface area contributed by atoms with Gasteiger partial charge in [-0.3, -0.25) is 4.90 Å². The molecule has 4 bridgehead atoms. The lowest BCUT2D eigenvalue weighted by Gasteiger charge is -2.63. The minimum atomic E-state index is -0.278. The zero-order valence-electron chi connectivity index (χ0n) is 15.0. The summed E-state index contributed by atoms with van der Waals surface area (Å²) >= 11 is 0. The van der Waals surface area contributed by atoms with Gasteiger partial charge in [0.15, 0.2) is 0 Å². The van der Waals surface area contributed by atoms with Gasteiger partial charge in [0.05, 0.1) is 13.2 Å². The standard InChI is InChI=1S/C19H31N3O3/c20-3-1-2-6-25-18(23)21-17-15-9-14-10-16(17)13-19(11-14,12-15)22-4-7-24-8-5-22/h1-2,14-17H,3-13,20H2,(H,21,23)/b2-1+. The SMILES string of the molecule is NC/C=C/COC(=O)NC1C2CC3CC1CC(N1CCOCC1)(C3)C2. The summed E-state index contributed by atoms with van der Waals surface area (Å²) in [6.45, 7) is 4.64. The summed E-state index contributed by atoms with van der Waals surface area (Å²) in [7, 11) is 0. The highest BCUT2D eigenvalue weighted by molar-refractivity contribution is 5.67. The van der Waals surface area contributed by atoms with Crippen molar-refractivity contribution < 1.29 is 14.3 Å². The number of amides is 1. The summed E-state index contributed by atoms with van der Waals surface area (Å²) < 4.78 is 10.8. The number of carbonyl (C=O) groups is 1. The highest BCUT2D eigenvalue weighted by atomic mass is 16.5. The van der Waals surface area contributed by atoms with Gasteiger partial charge in [-0.15, -0.1) is 0 Å². The lowest BCUT2D eigenvalue weighted by atomic mass is 9.50. The molecule has 3 N–H and O–H groups in total. The van der Waals surface area contributed by atoms with E-state index in [0.717, 1.165) is 32.2 Å². The van der Waals surface area contributed by atoms with E-state index < -0.39 is 0 Å². The molecule has 2 unspecified atom stereocenters. The van der Waals surface area contributed by atoms with Crippen molar-refractivity contribution in [2.45, 2.75) is 43.7 Å². The molecule has 5 fully saturated rings. The van der Waals surface area contributed by atoms with Gasteiger partial charge in [0.2, 0.25) is 0 Å². The first-order valence-electron chi connectivity index (χ1n) is 9.81. The molecule has 4 saturated carbocycles. The maximum Gasteiger partial charge on any atom is 0.407 e. The lowest BCUT2D eigenvalue weighted by Crippen LogP contribution is -2.67. The summed E-state index contributed by atoms with van der Waals surface area (Å²) in [6.07, 6.45) is 9.64. The van der Waals surface area contributed by atoms with Crippen LogP contribution in [0.1, 0.15) is 32.1 Å². The molecule has 4 aliphatic carbocycles. The highest BCUT2D eigenvalue weighted by Crippen LogP contribution is 2.57.